The maximum Gasteiger partial charge on any atom is 0.230 e. The third-order valence-corrected chi connectivity index (χ3v) is 4.12. The van der Waals surface area contributed by atoms with Crippen molar-refractivity contribution in [3.05, 3.63) is 46.6 Å². The van der Waals surface area contributed by atoms with Gasteiger partial charge in [-0.1, -0.05) is 30.7 Å². The summed E-state index contributed by atoms with van der Waals surface area (Å²) in [5.74, 6) is 2.66. The molecule has 1 fully saturated rings. The summed E-state index contributed by atoms with van der Waals surface area (Å²) in [6.45, 7) is 4.68. The molecule has 0 radical (unpaired) electrons. The molecule has 0 saturated heterocycles. The molecule has 1 aliphatic rings. The highest BCUT2D eigenvalue weighted by Crippen LogP contribution is 2.47. The van der Waals surface area contributed by atoms with E-state index in [1.165, 1.54) is 12.0 Å². The second-order valence-electron chi connectivity index (χ2n) is 5.50. The Kier molecular flexibility index (Phi) is 3.76. The highest BCUT2D eigenvalue weighted by atomic mass is 35.5. The molecule has 3 atom stereocenters. The van der Waals surface area contributed by atoms with Crippen molar-refractivity contribution in [2.75, 3.05) is 0 Å². The van der Waals surface area contributed by atoms with Gasteiger partial charge in [0.2, 0.25) is 11.8 Å². The topological polar surface area (TPSA) is 51.0 Å². The number of aryl methyl sites for hydroxylation is 1. The fourth-order valence-electron chi connectivity index (χ4n) is 2.61. The van der Waals surface area contributed by atoms with E-state index in [2.05, 4.69) is 34.6 Å². The van der Waals surface area contributed by atoms with Crippen LogP contribution in [0.5, 0.6) is 0 Å². The van der Waals surface area contributed by atoms with E-state index in [1.807, 2.05) is 12.1 Å². The molecule has 0 aliphatic heterocycles. The van der Waals surface area contributed by atoms with Gasteiger partial charge < -0.3 is 9.73 Å². The lowest BCUT2D eigenvalue weighted by Crippen LogP contribution is -2.23. The van der Waals surface area contributed by atoms with Crippen molar-refractivity contribution >= 4 is 11.6 Å². The van der Waals surface area contributed by atoms with Crippen molar-refractivity contribution in [3.63, 3.8) is 0 Å². The molecule has 106 valence electrons. The summed E-state index contributed by atoms with van der Waals surface area (Å²) in [6.07, 6.45) is 1.25. The summed E-state index contributed by atoms with van der Waals surface area (Å²) in [4.78, 5) is 0. The van der Waals surface area contributed by atoms with Crippen LogP contribution >= 0.6 is 11.6 Å². The Balaban J connectivity index is 1.71. The summed E-state index contributed by atoms with van der Waals surface area (Å²) >= 11 is 5.96. The molecule has 1 saturated carbocycles. The molecule has 3 rings (SSSR count). The van der Waals surface area contributed by atoms with Crippen LogP contribution in [0.2, 0.25) is 5.02 Å². The van der Waals surface area contributed by atoms with Crippen LogP contribution in [-0.2, 0) is 6.54 Å². The average Bonchev–Trinajstić information content (AvgIpc) is 2.99. The van der Waals surface area contributed by atoms with Crippen molar-refractivity contribution in [1.82, 2.24) is 15.5 Å². The molecular formula is C15H18ClN3O. The first-order valence-electron chi connectivity index (χ1n) is 6.91. The van der Waals surface area contributed by atoms with Crippen molar-refractivity contribution in [2.45, 2.75) is 32.9 Å². The first-order valence-corrected chi connectivity index (χ1v) is 7.29. The molecule has 0 spiro atoms. The molecule has 4 nitrogen and oxygen atoms in total. The fourth-order valence-corrected chi connectivity index (χ4v) is 2.73. The maximum atomic E-state index is 5.96. The van der Waals surface area contributed by atoms with Crippen LogP contribution in [0.4, 0.5) is 0 Å². The Bertz CT molecular complexity index is 581. The Morgan fingerprint density at radius 2 is 2.05 bits per heavy atom. The molecular weight excluding hydrogens is 274 g/mol. The molecule has 2 aromatic rings. The molecule has 5 heteroatoms. The van der Waals surface area contributed by atoms with E-state index in [-0.39, 0.29) is 0 Å². The Labute approximate surface area is 123 Å². The molecule has 1 heterocycles. The molecule has 0 bridgehead atoms. The van der Waals surface area contributed by atoms with E-state index in [9.17, 15) is 0 Å². The zero-order chi connectivity index (χ0) is 14.1. The van der Waals surface area contributed by atoms with Crippen LogP contribution < -0.4 is 5.32 Å². The molecule has 20 heavy (non-hydrogen) atoms. The number of hydrogen-bond donors (Lipinski definition) is 1. The van der Waals surface area contributed by atoms with Gasteiger partial charge in [0.25, 0.3) is 0 Å². The van der Waals surface area contributed by atoms with Gasteiger partial charge in [-0.2, -0.15) is 0 Å². The maximum absolute atomic E-state index is 5.96. The summed E-state index contributed by atoms with van der Waals surface area (Å²) in [5.41, 5.74) is 1.26. The van der Waals surface area contributed by atoms with Gasteiger partial charge in [-0.15, -0.1) is 10.2 Å². The molecule has 1 aromatic heterocycles. The van der Waals surface area contributed by atoms with Crippen LogP contribution in [0.3, 0.4) is 0 Å². The van der Waals surface area contributed by atoms with E-state index < -0.39 is 0 Å². The van der Waals surface area contributed by atoms with Crippen LogP contribution in [0.1, 0.15) is 36.7 Å². The second-order valence-corrected chi connectivity index (χ2v) is 5.94. The van der Waals surface area contributed by atoms with Gasteiger partial charge in [-0.3, -0.25) is 0 Å². The number of hydrogen-bond acceptors (Lipinski definition) is 4. The van der Waals surface area contributed by atoms with E-state index in [1.54, 1.807) is 6.92 Å². The first kappa shape index (κ1) is 13.6. The predicted molar refractivity (Wildman–Crippen MR) is 77.3 cm³/mol. The first-order chi connectivity index (χ1) is 9.63. The SMILES string of the molecule is Cc1nnc(CN[C@H](c2ccc(Cl)cc2)[C@H]2C[C@@H]2C)o1. The minimum absolute atomic E-state index is 0.314. The lowest BCUT2D eigenvalue weighted by atomic mass is 10.0. The van der Waals surface area contributed by atoms with Crippen LogP contribution in [0.15, 0.2) is 28.7 Å². The third kappa shape index (κ3) is 3.02. The Hall–Kier alpha value is -1.39. The number of aromatic nitrogens is 2. The number of rotatable bonds is 5. The Morgan fingerprint density at radius 3 is 2.60 bits per heavy atom. The molecule has 0 amide bonds. The lowest BCUT2D eigenvalue weighted by Gasteiger charge is -2.18. The van der Waals surface area contributed by atoms with Crippen molar-refractivity contribution in [3.8, 4) is 0 Å². The van der Waals surface area contributed by atoms with Crippen LogP contribution in [0.25, 0.3) is 0 Å². The second kappa shape index (κ2) is 5.54. The van der Waals surface area contributed by atoms with Gasteiger partial charge in [0.05, 0.1) is 6.54 Å². The van der Waals surface area contributed by atoms with E-state index in [0.717, 1.165) is 10.9 Å². The number of nitrogens with zero attached hydrogens (tertiary/aromatic N) is 2. The van der Waals surface area contributed by atoms with E-state index >= 15 is 0 Å². The zero-order valence-electron chi connectivity index (χ0n) is 11.6. The zero-order valence-corrected chi connectivity index (χ0v) is 12.4. The van der Waals surface area contributed by atoms with Gasteiger partial charge in [0, 0.05) is 18.0 Å². The highest BCUT2D eigenvalue weighted by molar-refractivity contribution is 6.30. The predicted octanol–water partition coefficient (Wildman–Crippen LogP) is 3.52. The standard InChI is InChI=1S/C15H18ClN3O/c1-9-7-13(9)15(11-3-5-12(16)6-4-11)17-8-14-19-18-10(2)20-14/h3-6,9,13,15,17H,7-8H2,1-2H3/t9-,13-,15+/m0/s1. The number of benzene rings is 1. The number of halogens is 1. The van der Waals surface area contributed by atoms with Gasteiger partial charge in [-0.25, -0.2) is 0 Å². The fraction of sp³-hybridized carbons (Fsp3) is 0.467. The largest absolute Gasteiger partial charge is 0.424 e. The normalized spacial score (nSPS) is 22.8. The summed E-state index contributed by atoms with van der Waals surface area (Å²) < 4.78 is 5.41. The quantitative estimate of drug-likeness (QED) is 0.916. The number of nitrogens with one attached hydrogen (secondary N) is 1. The molecule has 1 N–H and O–H groups in total. The van der Waals surface area contributed by atoms with Crippen LogP contribution in [-0.4, -0.2) is 10.2 Å². The molecule has 0 unspecified atom stereocenters. The van der Waals surface area contributed by atoms with Crippen molar-refractivity contribution in [1.29, 1.82) is 0 Å². The van der Waals surface area contributed by atoms with Gasteiger partial charge >= 0.3 is 0 Å². The monoisotopic (exact) mass is 291 g/mol. The van der Waals surface area contributed by atoms with Crippen molar-refractivity contribution in [2.24, 2.45) is 11.8 Å². The van der Waals surface area contributed by atoms with Gasteiger partial charge in [-0.05, 0) is 36.0 Å². The summed E-state index contributed by atoms with van der Waals surface area (Å²) in [5, 5.41) is 12.2. The summed E-state index contributed by atoms with van der Waals surface area (Å²) in [6, 6.07) is 8.37. The highest BCUT2D eigenvalue weighted by Gasteiger charge is 2.40. The summed E-state index contributed by atoms with van der Waals surface area (Å²) in [7, 11) is 0. The van der Waals surface area contributed by atoms with Gasteiger partial charge in [0.15, 0.2) is 0 Å². The average molecular weight is 292 g/mol. The van der Waals surface area contributed by atoms with Crippen molar-refractivity contribution < 1.29 is 4.42 Å². The van der Waals surface area contributed by atoms with E-state index in [0.29, 0.717) is 30.3 Å². The molecule has 1 aromatic carbocycles. The van der Waals surface area contributed by atoms with Gasteiger partial charge in [0.1, 0.15) is 0 Å². The minimum atomic E-state index is 0.314. The minimum Gasteiger partial charge on any atom is -0.424 e. The Morgan fingerprint density at radius 1 is 1.35 bits per heavy atom. The molecule has 1 aliphatic carbocycles. The smallest absolute Gasteiger partial charge is 0.230 e. The van der Waals surface area contributed by atoms with Crippen LogP contribution in [0, 0.1) is 18.8 Å². The third-order valence-electron chi connectivity index (χ3n) is 3.87. The lowest BCUT2D eigenvalue weighted by molar-refractivity contribution is 0.399. The van der Waals surface area contributed by atoms with E-state index in [4.69, 9.17) is 16.0 Å².